The third-order valence-corrected chi connectivity index (χ3v) is 9.55. The summed E-state index contributed by atoms with van der Waals surface area (Å²) in [7, 11) is 0. The number of oxazole rings is 1. The number of nitrogens with two attached hydrogens (primary N) is 1. The first kappa shape index (κ1) is 36.0. The number of hydrogen-bond acceptors (Lipinski definition) is 9. The number of aromatic nitrogens is 2. The van der Waals surface area contributed by atoms with Crippen LogP contribution in [0.5, 0.6) is 0 Å². The fraction of sp³-hybridized carbons (Fsp3) is 0.515. The number of nitrogens with zero attached hydrogens (tertiary/aromatic N) is 3. The summed E-state index contributed by atoms with van der Waals surface area (Å²) in [5, 5.41) is 11.2. The number of thiazole rings is 1. The maximum atomic E-state index is 13.6. The minimum Gasteiger partial charge on any atom is -0.443 e. The van der Waals surface area contributed by atoms with E-state index >= 15 is 0 Å². The van der Waals surface area contributed by atoms with Gasteiger partial charge in [-0.25, -0.2) is 9.97 Å². The first-order valence-corrected chi connectivity index (χ1v) is 16.9. The lowest BCUT2D eigenvalue weighted by molar-refractivity contribution is -0.137. The molecule has 4 amide bonds. The van der Waals surface area contributed by atoms with Crippen molar-refractivity contribution < 1.29 is 23.6 Å². The average Bonchev–Trinajstić information content (AvgIpc) is 3.79. The van der Waals surface area contributed by atoms with E-state index in [1.54, 1.807) is 17.2 Å². The molecule has 2 atom stereocenters. The van der Waals surface area contributed by atoms with Crippen LogP contribution in [-0.2, 0) is 16.0 Å². The SMILES string of the molecule is Cc1oc2nc1C(=O)NC(C(C)C)c1nc(cs1)C(=O)NCCN(C(=O)C1(N)CCCC1)CCCC(=O)N[C@H]2Cc1ccccc1.Cl. The second-order valence-electron chi connectivity index (χ2n) is 12.5. The van der Waals surface area contributed by atoms with Crippen molar-refractivity contribution in [2.24, 2.45) is 11.7 Å². The van der Waals surface area contributed by atoms with Crippen molar-refractivity contribution in [3.63, 3.8) is 0 Å². The first-order chi connectivity index (χ1) is 22.0. The molecule has 12 nitrogen and oxygen atoms in total. The number of rotatable bonds is 4. The van der Waals surface area contributed by atoms with Gasteiger partial charge in [0.05, 0.1) is 11.6 Å². The minimum atomic E-state index is -0.929. The van der Waals surface area contributed by atoms with E-state index in [4.69, 9.17) is 10.2 Å². The van der Waals surface area contributed by atoms with Crippen LogP contribution >= 0.6 is 23.7 Å². The Morgan fingerprint density at radius 2 is 1.79 bits per heavy atom. The molecule has 1 unspecified atom stereocenters. The summed E-state index contributed by atoms with van der Waals surface area (Å²) in [5.74, 6) is -0.688. The molecule has 0 saturated heterocycles. The fourth-order valence-corrected chi connectivity index (χ4v) is 7.05. The highest BCUT2D eigenvalue weighted by molar-refractivity contribution is 7.09. The molecule has 0 spiro atoms. The maximum absolute atomic E-state index is 13.6. The smallest absolute Gasteiger partial charge is 0.274 e. The Morgan fingerprint density at radius 1 is 1.06 bits per heavy atom. The van der Waals surface area contributed by atoms with Crippen LogP contribution in [0.4, 0.5) is 0 Å². The minimum absolute atomic E-state index is 0. The fourth-order valence-electron chi connectivity index (χ4n) is 6.03. The quantitative estimate of drug-likeness (QED) is 0.319. The first-order valence-electron chi connectivity index (χ1n) is 16.0. The molecule has 4 bridgehead atoms. The van der Waals surface area contributed by atoms with Crippen LogP contribution in [0.2, 0.25) is 0 Å². The molecule has 2 aliphatic rings. The Bertz CT molecular complexity index is 1550. The number of carbonyl (C=O) groups excluding carboxylic acids is 4. The van der Waals surface area contributed by atoms with Gasteiger partial charge in [-0.05, 0) is 37.7 Å². The largest absolute Gasteiger partial charge is 0.443 e. The van der Waals surface area contributed by atoms with Crippen LogP contribution in [-0.4, -0.2) is 63.7 Å². The van der Waals surface area contributed by atoms with E-state index in [-0.39, 0.29) is 72.8 Å². The Hall–Kier alpha value is -3.81. The van der Waals surface area contributed by atoms with E-state index in [1.165, 1.54) is 11.3 Å². The molecule has 5 N–H and O–H groups in total. The van der Waals surface area contributed by atoms with Crippen molar-refractivity contribution >= 4 is 47.4 Å². The molecule has 1 aliphatic heterocycles. The van der Waals surface area contributed by atoms with E-state index < -0.39 is 23.5 Å². The number of benzene rings is 1. The highest BCUT2D eigenvalue weighted by atomic mass is 35.5. The van der Waals surface area contributed by atoms with Crippen LogP contribution in [0.1, 0.15) is 108 Å². The number of hydrogen-bond donors (Lipinski definition) is 4. The number of fused-ring (bicyclic) bond motifs is 4. The molecule has 47 heavy (non-hydrogen) atoms. The summed E-state index contributed by atoms with van der Waals surface area (Å²) >= 11 is 1.29. The van der Waals surface area contributed by atoms with Crippen molar-refractivity contribution in [1.29, 1.82) is 0 Å². The van der Waals surface area contributed by atoms with Gasteiger partial charge in [0.25, 0.3) is 11.8 Å². The Balaban J connectivity index is 0.00000500. The molecule has 1 saturated carbocycles. The lowest BCUT2D eigenvalue weighted by Crippen LogP contribution is -2.55. The van der Waals surface area contributed by atoms with Crippen molar-refractivity contribution in [2.45, 2.75) is 83.3 Å². The van der Waals surface area contributed by atoms with E-state index in [9.17, 15) is 19.2 Å². The van der Waals surface area contributed by atoms with Gasteiger partial charge in [0.15, 0.2) is 5.69 Å². The molecular formula is C33H44ClN7O5S. The van der Waals surface area contributed by atoms with Crippen LogP contribution in [0.3, 0.4) is 0 Å². The van der Waals surface area contributed by atoms with Crippen LogP contribution in [0, 0.1) is 12.8 Å². The summed E-state index contributed by atoms with van der Waals surface area (Å²) in [5.41, 5.74) is 6.92. The van der Waals surface area contributed by atoms with Crippen molar-refractivity contribution in [3.8, 4) is 0 Å². The normalized spacial score (nSPS) is 21.0. The van der Waals surface area contributed by atoms with Gasteiger partial charge in [-0.15, -0.1) is 23.7 Å². The van der Waals surface area contributed by atoms with Crippen molar-refractivity contribution in [2.75, 3.05) is 19.6 Å². The highest BCUT2D eigenvalue weighted by Gasteiger charge is 2.40. The van der Waals surface area contributed by atoms with Crippen LogP contribution in [0.15, 0.2) is 40.1 Å². The number of halogens is 1. The summed E-state index contributed by atoms with van der Waals surface area (Å²) in [4.78, 5) is 64.2. The maximum Gasteiger partial charge on any atom is 0.274 e. The molecule has 1 aromatic carbocycles. The second-order valence-corrected chi connectivity index (χ2v) is 13.4. The lowest BCUT2D eigenvalue weighted by Gasteiger charge is -2.31. The number of amides is 4. The summed E-state index contributed by atoms with van der Waals surface area (Å²) in [6.45, 7) is 6.34. The molecule has 254 valence electrons. The molecule has 14 heteroatoms. The monoisotopic (exact) mass is 685 g/mol. The Labute approximate surface area is 285 Å². The van der Waals surface area contributed by atoms with Gasteiger partial charge < -0.3 is 31.0 Å². The molecule has 5 rings (SSSR count). The Morgan fingerprint density at radius 3 is 2.49 bits per heavy atom. The molecule has 1 aliphatic carbocycles. The van der Waals surface area contributed by atoms with Crippen molar-refractivity contribution in [1.82, 2.24) is 30.8 Å². The number of nitrogens with one attached hydrogen (secondary N) is 3. The van der Waals surface area contributed by atoms with Gasteiger partial charge in [0.2, 0.25) is 17.7 Å². The molecule has 2 aromatic heterocycles. The van der Waals surface area contributed by atoms with Gasteiger partial charge >= 0.3 is 0 Å². The van der Waals surface area contributed by atoms with E-state index in [0.717, 1.165) is 18.4 Å². The van der Waals surface area contributed by atoms with Gasteiger partial charge in [0, 0.05) is 37.9 Å². The molecule has 3 aromatic rings. The third kappa shape index (κ3) is 8.76. The lowest BCUT2D eigenvalue weighted by atomic mass is 9.97. The second kappa shape index (κ2) is 15.9. The predicted molar refractivity (Wildman–Crippen MR) is 180 cm³/mol. The van der Waals surface area contributed by atoms with E-state index in [1.807, 2.05) is 44.2 Å². The van der Waals surface area contributed by atoms with Crippen LogP contribution in [0.25, 0.3) is 0 Å². The molecule has 3 heterocycles. The zero-order chi connectivity index (χ0) is 32.8. The number of aryl methyl sites for hydroxylation is 1. The Kier molecular flexibility index (Phi) is 12.2. The molecule has 0 radical (unpaired) electrons. The summed E-state index contributed by atoms with van der Waals surface area (Å²) in [6.07, 6.45) is 3.96. The van der Waals surface area contributed by atoms with Gasteiger partial charge in [-0.3, -0.25) is 19.2 Å². The van der Waals surface area contributed by atoms with Gasteiger partial charge in [-0.1, -0.05) is 57.0 Å². The van der Waals surface area contributed by atoms with Crippen molar-refractivity contribution in [3.05, 3.63) is 69.3 Å². The zero-order valence-electron chi connectivity index (χ0n) is 27.0. The predicted octanol–water partition coefficient (Wildman–Crippen LogP) is 4.01. The summed E-state index contributed by atoms with van der Waals surface area (Å²) in [6, 6.07) is 8.56. The topological polar surface area (TPSA) is 173 Å². The third-order valence-electron chi connectivity index (χ3n) is 8.63. The highest BCUT2D eigenvalue weighted by Crippen LogP contribution is 2.30. The van der Waals surface area contributed by atoms with E-state index in [0.29, 0.717) is 43.0 Å². The van der Waals surface area contributed by atoms with E-state index in [2.05, 4.69) is 25.9 Å². The van der Waals surface area contributed by atoms with Gasteiger partial charge in [-0.2, -0.15) is 0 Å². The van der Waals surface area contributed by atoms with Gasteiger partial charge in [0.1, 0.15) is 22.5 Å². The number of carbonyl (C=O) groups is 4. The van der Waals surface area contributed by atoms with Crippen LogP contribution < -0.4 is 21.7 Å². The molecular weight excluding hydrogens is 642 g/mol. The molecule has 1 fully saturated rings. The zero-order valence-corrected chi connectivity index (χ0v) is 28.7. The average molecular weight is 686 g/mol. The standard InChI is InChI=1S/C33H43N7O5S.ClH/c1-20(2)26-31-37-24(19-46-31)28(42)35-15-17-40(32(44)33(34)13-7-8-14-33)16-9-12-25(41)36-23(18-22-10-5-4-6-11-22)30-39-27(21(3)45-30)29(43)38-26;/h4-6,10-11,19-20,23,26H,7-9,12-18,34H2,1-3H3,(H,35,42)(H,36,41)(H,38,43);1H/t23-,26?;/m0./s1. The summed E-state index contributed by atoms with van der Waals surface area (Å²) < 4.78 is 6.00.